The molecule has 1 aromatic rings. The van der Waals surface area contributed by atoms with Crippen molar-refractivity contribution in [1.82, 2.24) is 0 Å². The topological polar surface area (TPSA) is 26.3 Å². The first-order valence-electron chi connectivity index (χ1n) is 8.96. The molecule has 2 atom stereocenters. The molecular formula is C19H32O2S. The van der Waals surface area contributed by atoms with Gasteiger partial charge in [-0.3, -0.25) is 4.79 Å². The fourth-order valence-corrected chi connectivity index (χ4v) is 3.54. The highest BCUT2D eigenvalue weighted by Crippen LogP contribution is 2.28. The van der Waals surface area contributed by atoms with Crippen LogP contribution in [-0.2, 0) is 9.53 Å². The van der Waals surface area contributed by atoms with Crippen LogP contribution < -0.4 is 0 Å². The van der Waals surface area contributed by atoms with Crippen LogP contribution in [0.15, 0.2) is 17.5 Å². The molecule has 126 valence electrons. The Hall–Kier alpha value is -0.830. The van der Waals surface area contributed by atoms with E-state index in [9.17, 15) is 4.79 Å². The van der Waals surface area contributed by atoms with Gasteiger partial charge in [-0.2, -0.15) is 0 Å². The van der Waals surface area contributed by atoms with E-state index in [0.717, 1.165) is 43.4 Å². The van der Waals surface area contributed by atoms with Gasteiger partial charge in [0.25, 0.3) is 0 Å². The van der Waals surface area contributed by atoms with E-state index in [1.165, 1.54) is 19.3 Å². The molecule has 0 fully saturated rings. The number of thiophene rings is 1. The van der Waals surface area contributed by atoms with Crippen LogP contribution in [-0.4, -0.2) is 5.97 Å². The molecule has 2 unspecified atom stereocenters. The summed E-state index contributed by atoms with van der Waals surface area (Å²) in [5.74, 6) is 0.107. The summed E-state index contributed by atoms with van der Waals surface area (Å²) in [7, 11) is 0. The number of esters is 1. The van der Waals surface area contributed by atoms with Crippen LogP contribution in [0, 0.1) is 5.92 Å². The zero-order valence-electron chi connectivity index (χ0n) is 14.5. The second-order valence-corrected chi connectivity index (χ2v) is 7.02. The number of hydrogen-bond donors (Lipinski definition) is 0. The van der Waals surface area contributed by atoms with E-state index in [1.54, 1.807) is 11.3 Å². The van der Waals surface area contributed by atoms with E-state index in [-0.39, 0.29) is 18.0 Å². The molecule has 1 aromatic heterocycles. The Labute approximate surface area is 140 Å². The Kier molecular flexibility index (Phi) is 10.2. The Morgan fingerprint density at radius 1 is 1.09 bits per heavy atom. The fraction of sp³-hybridized carbons (Fsp3) is 0.737. The lowest BCUT2D eigenvalue weighted by Crippen LogP contribution is -2.20. The number of carbonyl (C=O) groups excluding carboxylic acids is 1. The van der Waals surface area contributed by atoms with Crippen LogP contribution in [0.3, 0.4) is 0 Å². The predicted molar refractivity (Wildman–Crippen MR) is 95.2 cm³/mol. The van der Waals surface area contributed by atoms with E-state index in [2.05, 4.69) is 26.8 Å². The van der Waals surface area contributed by atoms with Gasteiger partial charge in [0, 0.05) is 4.88 Å². The van der Waals surface area contributed by atoms with Crippen molar-refractivity contribution < 1.29 is 9.53 Å². The molecule has 0 aliphatic carbocycles. The number of hydrogen-bond acceptors (Lipinski definition) is 3. The van der Waals surface area contributed by atoms with Gasteiger partial charge in [-0.1, -0.05) is 65.4 Å². The van der Waals surface area contributed by atoms with Gasteiger partial charge in [-0.15, -0.1) is 11.3 Å². The molecule has 0 saturated carbocycles. The first-order valence-corrected chi connectivity index (χ1v) is 9.84. The van der Waals surface area contributed by atoms with Gasteiger partial charge in [0.1, 0.15) is 6.10 Å². The summed E-state index contributed by atoms with van der Waals surface area (Å²) >= 11 is 1.67. The smallest absolute Gasteiger partial charge is 0.309 e. The van der Waals surface area contributed by atoms with Gasteiger partial charge in [0.05, 0.1) is 5.92 Å². The van der Waals surface area contributed by atoms with E-state index < -0.39 is 0 Å². The molecule has 3 heteroatoms. The van der Waals surface area contributed by atoms with Crippen molar-refractivity contribution in [2.75, 3.05) is 0 Å². The summed E-state index contributed by atoms with van der Waals surface area (Å²) in [4.78, 5) is 13.7. The molecule has 2 nitrogen and oxygen atoms in total. The van der Waals surface area contributed by atoms with Gasteiger partial charge in [0.2, 0.25) is 0 Å². The predicted octanol–water partition coefficient (Wildman–Crippen LogP) is 6.52. The largest absolute Gasteiger partial charge is 0.456 e. The molecule has 0 saturated heterocycles. The second kappa shape index (κ2) is 11.7. The molecule has 0 aliphatic heterocycles. The highest BCUT2D eigenvalue weighted by Gasteiger charge is 2.23. The first-order chi connectivity index (χ1) is 10.7. The van der Waals surface area contributed by atoms with E-state index >= 15 is 0 Å². The quantitative estimate of drug-likeness (QED) is 0.323. The summed E-state index contributed by atoms with van der Waals surface area (Å²) in [6.07, 6.45) is 9.88. The van der Waals surface area contributed by atoms with Crippen LogP contribution >= 0.6 is 11.3 Å². The van der Waals surface area contributed by atoms with E-state index in [1.807, 2.05) is 11.4 Å². The molecule has 0 N–H and O–H groups in total. The van der Waals surface area contributed by atoms with E-state index in [0.29, 0.717) is 0 Å². The van der Waals surface area contributed by atoms with Crippen molar-refractivity contribution in [2.45, 2.75) is 84.7 Å². The highest BCUT2D eigenvalue weighted by atomic mass is 32.1. The maximum absolute atomic E-state index is 12.6. The van der Waals surface area contributed by atoms with Crippen LogP contribution in [0.5, 0.6) is 0 Å². The third-order valence-electron chi connectivity index (χ3n) is 4.14. The zero-order chi connectivity index (χ0) is 16.2. The van der Waals surface area contributed by atoms with Crippen molar-refractivity contribution in [3.63, 3.8) is 0 Å². The Morgan fingerprint density at radius 2 is 1.82 bits per heavy atom. The second-order valence-electron chi connectivity index (χ2n) is 6.04. The minimum Gasteiger partial charge on any atom is -0.456 e. The van der Waals surface area contributed by atoms with Crippen molar-refractivity contribution >= 4 is 17.3 Å². The molecule has 22 heavy (non-hydrogen) atoms. The summed E-state index contributed by atoms with van der Waals surface area (Å²) < 4.78 is 5.83. The van der Waals surface area contributed by atoms with Gasteiger partial charge in [-0.05, 0) is 30.7 Å². The minimum absolute atomic E-state index is 0.0187. The summed E-state index contributed by atoms with van der Waals surface area (Å²) in [5.41, 5.74) is 0. The average Bonchev–Trinajstić information content (AvgIpc) is 3.06. The summed E-state index contributed by atoms with van der Waals surface area (Å²) in [6.45, 7) is 6.48. The number of rotatable bonds is 12. The maximum Gasteiger partial charge on any atom is 0.309 e. The molecule has 0 bridgehead atoms. The zero-order valence-corrected chi connectivity index (χ0v) is 15.3. The standard InChI is InChI=1S/C19H32O2S/c1-4-7-9-10-13-16(12-8-5-2)19(20)21-17(6-3)18-14-11-15-22-18/h11,14-17H,4-10,12-13H2,1-3H3. The van der Waals surface area contributed by atoms with Crippen LogP contribution in [0.1, 0.15) is 89.5 Å². The molecule has 0 spiro atoms. The third kappa shape index (κ3) is 6.95. The molecule has 0 aliphatic rings. The average molecular weight is 325 g/mol. The van der Waals surface area contributed by atoms with Gasteiger partial charge in [0.15, 0.2) is 0 Å². The van der Waals surface area contributed by atoms with Crippen molar-refractivity contribution in [3.05, 3.63) is 22.4 Å². The number of unbranched alkanes of at least 4 members (excludes halogenated alkanes) is 4. The number of carbonyl (C=O) groups is 1. The van der Waals surface area contributed by atoms with Crippen LogP contribution in [0.4, 0.5) is 0 Å². The third-order valence-corrected chi connectivity index (χ3v) is 5.10. The molecule has 0 amide bonds. The minimum atomic E-state index is -0.0627. The van der Waals surface area contributed by atoms with Gasteiger partial charge < -0.3 is 4.74 Å². The Bertz CT molecular complexity index is 386. The summed E-state index contributed by atoms with van der Waals surface area (Å²) in [6, 6.07) is 4.09. The van der Waals surface area contributed by atoms with Crippen molar-refractivity contribution in [1.29, 1.82) is 0 Å². The highest BCUT2D eigenvalue weighted by molar-refractivity contribution is 7.10. The molecule has 1 rings (SSSR count). The monoisotopic (exact) mass is 324 g/mol. The van der Waals surface area contributed by atoms with Crippen molar-refractivity contribution in [3.8, 4) is 0 Å². The van der Waals surface area contributed by atoms with Crippen LogP contribution in [0.25, 0.3) is 0 Å². The maximum atomic E-state index is 12.6. The molecule has 0 radical (unpaired) electrons. The van der Waals surface area contributed by atoms with Gasteiger partial charge >= 0.3 is 5.97 Å². The van der Waals surface area contributed by atoms with Gasteiger partial charge in [-0.25, -0.2) is 0 Å². The molecule has 1 heterocycles. The van der Waals surface area contributed by atoms with Crippen LogP contribution in [0.2, 0.25) is 0 Å². The normalized spacial score (nSPS) is 13.8. The SMILES string of the molecule is CCCCCCC(CCCC)C(=O)OC(CC)c1cccs1. The lowest BCUT2D eigenvalue weighted by molar-refractivity contribution is -0.155. The fourth-order valence-electron chi connectivity index (χ4n) is 2.70. The number of ether oxygens (including phenoxy) is 1. The van der Waals surface area contributed by atoms with E-state index in [4.69, 9.17) is 4.74 Å². The Morgan fingerprint density at radius 3 is 2.41 bits per heavy atom. The lowest BCUT2D eigenvalue weighted by Gasteiger charge is -2.20. The van der Waals surface area contributed by atoms with Crippen molar-refractivity contribution in [2.24, 2.45) is 5.92 Å². The molecular weight excluding hydrogens is 292 g/mol. The summed E-state index contributed by atoms with van der Waals surface area (Å²) in [5, 5.41) is 2.05. The Balaban J connectivity index is 2.53. The first kappa shape index (κ1) is 19.2. The lowest BCUT2D eigenvalue weighted by atomic mass is 9.95. The molecule has 0 aromatic carbocycles.